The van der Waals surface area contributed by atoms with E-state index in [1.807, 2.05) is 0 Å². The van der Waals surface area contributed by atoms with Gasteiger partial charge in [0.05, 0.1) is 6.04 Å². The minimum absolute atomic E-state index is 0.290. The van der Waals surface area contributed by atoms with Gasteiger partial charge in [-0.25, -0.2) is 8.78 Å². The van der Waals surface area contributed by atoms with Crippen molar-refractivity contribution >= 4 is 11.7 Å². The summed E-state index contributed by atoms with van der Waals surface area (Å²) < 4.78 is 31.5. The van der Waals surface area contributed by atoms with Crippen molar-refractivity contribution in [1.82, 2.24) is 10.5 Å². The number of nitrogens with one attached hydrogen (secondary N) is 2. The fraction of sp³-hybridized carbons (Fsp3) is 0.333. The van der Waals surface area contributed by atoms with Crippen LogP contribution in [0.5, 0.6) is 0 Å². The second-order valence-corrected chi connectivity index (χ2v) is 5.09. The maximum Gasteiger partial charge on any atom is 0.242 e. The normalized spacial score (nSPS) is 13.7. The van der Waals surface area contributed by atoms with Crippen LogP contribution in [0.15, 0.2) is 28.8 Å². The molecule has 0 saturated heterocycles. The molecule has 2 rings (SSSR count). The van der Waals surface area contributed by atoms with E-state index in [2.05, 4.69) is 15.8 Å². The standard InChI is InChI=1S/C15H17F2N3O2/c1-8-6-14(20-22-8)19-15(21)10(3)18-9(2)12-5-4-11(16)7-13(12)17/h4-7,9-10,18H,1-3H3,(H,19,20,21)/t9-,10+/m0/s1. The molecule has 0 radical (unpaired) electrons. The molecule has 0 spiro atoms. The molecule has 0 fully saturated rings. The number of nitrogens with zero attached hydrogens (tertiary/aromatic N) is 1. The largest absolute Gasteiger partial charge is 0.360 e. The summed E-state index contributed by atoms with van der Waals surface area (Å²) in [5.41, 5.74) is 0.290. The van der Waals surface area contributed by atoms with Crippen molar-refractivity contribution < 1.29 is 18.1 Å². The van der Waals surface area contributed by atoms with Crippen molar-refractivity contribution in [2.24, 2.45) is 0 Å². The molecule has 0 bridgehead atoms. The Morgan fingerprint density at radius 3 is 2.59 bits per heavy atom. The van der Waals surface area contributed by atoms with E-state index in [1.165, 1.54) is 12.1 Å². The first-order chi connectivity index (χ1) is 10.4. The zero-order valence-electron chi connectivity index (χ0n) is 12.5. The van der Waals surface area contributed by atoms with E-state index < -0.39 is 23.7 Å². The zero-order valence-corrected chi connectivity index (χ0v) is 12.5. The highest BCUT2D eigenvalue weighted by Gasteiger charge is 2.19. The van der Waals surface area contributed by atoms with Gasteiger partial charge in [0.1, 0.15) is 17.4 Å². The molecule has 1 amide bonds. The maximum atomic E-state index is 13.7. The number of aromatic nitrogens is 1. The van der Waals surface area contributed by atoms with Crippen LogP contribution in [0.1, 0.15) is 31.2 Å². The SMILES string of the molecule is Cc1cc(NC(=O)[C@@H](C)N[C@@H](C)c2ccc(F)cc2F)no1. The molecule has 0 aliphatic heterocycles. The topological polar surface area (TPSA) is 67.2 Å². The number of hydrogen-bond acceptors (Lipinski definition) is 4. The van der Waals surface area contributed by atoms with Crippen molar-refractivity contribution in [3.63, 3.8) is 0 Å². The Hall–Kier alpha value is -2.28. The summed E-state index contributed by atoms with van der Waals surface area (Å²) in [5.74, 6) is -0.725. The molecule has 5 nitrogen and oxygen atoms in total. The quantitative estimate of drug-likeness (QED) is 0.891. The number of rotatable bonds is 5. The molecule has 2 N–H and O–H groups in total. The van der Waals surface area contributed by atoms with Crippen LogP contribution in [0.2, 0.25) is 0 Å². The van der Waals surface area contributed by atoms with Gasteiger partial charge in [0.25, 0.3) is 0 Å². The van der Waals surface area contributed by atoms with Gasteiger partial charge in [0.15, 0.2) is 5.82 Å². The number of anilines is 1. The van der Waals surface area contributed by atoms with Gasteiger partial charge in [-0.1, -0.05) is 11.2 Å². The minimum Gasteiger partial charge on any atom is -0.360 e. The number of hydrogen-bond donors (Lipinski definition) is 2. The average molecular weight is 309 g/mol. The van der Waals surface area contributed by atoms with Crippen LogP contribution in [0.4, 0.5) is 14.6 Å². The van der Waals surface area contributed by atoms with Crippen molar-refractivity contribution in [1.29, 1.82) is 0 Å². The van der Waals surface area contributed by atoms with E-state index in [4.69, 9.17) is 4.52 Å². The predicted octanol–water partition coefficient (Wildman–Crippen LogP) is 2.94. The Bertz CT molecular complexity index is 673. The first kappa shape index (κ1) is 16.1. The van der Waals surface area contributed by atoms with Crippen LogP contribution in [0.3, 0.4) is 0 Å². The monoisotopic (exact) mass is 309 g/mol. The van der Waals surface area contributed by atoms with Crippen molar-refractivity contribution in [2.75, 3.05) is 5.32 Å². The molecular formula is C15H17F2N3O2. The fourth-order valence-corrected chi connectivity index (χ4v) is 2.05. The molecule has 118 valence electrons. The Morgan fingerprint density at radius 1 is 1.27 bits per heavy atom. The lowest BCUT2D eigenvalue weighted by Gasteiger charge is -2.20. The summed E-state index contributed by atoms with van der Waals surface area (Å²) in [4.78, 5) is 12.0. The van der Waals surface area contributed by atoms with Gasteiger partial charge in [-0.3, -0.25) is 10.1 Å². The van der Waals surface area contributed by atoms with Gasteiger partial charge in [0, 0.05) is 23.7 Å². The van der Waals surface area contributed by atoms with E-state index in [1.54, 1.807) is 26.8 Å². The summed E-state index contributed by atoms with van der Waals surface area (Å²) >= 11 is 0. The first-order valence-electron chi connectivity index (χ1n) is 6.82. The molecule has 7 heteroatoms. The highest BCUT2D eigenvalue weighted by atomic mass is 19.1. The maximum absolute atomic E-state index is 13.7. The number of aryl methyl sites for hydroxylation is 1. The third kappa shape index (κ3) is 3.88. The lowest BCUT2D eigenvalue weighted by molar-refractivity contribution is -0.118. The molecule has 0 aliphatic carbocycles. The van der Waals surface area contributed by atoms with Crippen LogP contribution >= 0.6 is 0 Å². The minimum atomic E-state index is -0.653. The summed E-state index contributed by atoms with van der Waals surface area (Å²) in [6.45, 7) is 5.05. The highest BCUT2D eigenvalue weighted by Crippen LogP contribution is 2.18. The third-order valence-corrected chi connectivity index (χ3v) is 3.20. The Balaban J connectivity index is 1.98. The summed E-state index contributed by atoms with van der Waals surface area (Å²) in [5, 5.41) is 9.20. The van der Waals surface area contributed by atoms with Crippen molar-refractivity contribution in [2.45, 2.75) is 32.9 Å². The van der Waals surface area contributed by atoms with Gasteiger partial charge in [0.2, 0.25) is 5.91 Å². The van der Waals surface area contributed by atoms with Crippen LogP contribution < -0.4 is 10.6 Å². The molecule has 0 unspecified atom stereocenters. The van der Waals surface area contributed by atoms with E-state index in [0.29, 0.717) is 17.1 Å². The summed E-state index contributed by atoms with van der Waals surface area (Å²) in [7, 11) is 0. The second kappa shape index (κ2) is 6.65. The average Bonchev–Trinajstić information content (AvgIpc) is 2.83. The Labute approximate surface area is 126 Å². The highest BCUT2D eigenvalue weighted by molar-refractivity contribution is 5.93. The number of halogens is 2. The predicted molar refractivity (Wildman–Crippen MR) is 77.2 cm³/mol. The first-order valence-corrected chi connectivity index (χ1v) is 6.82. The number of carbonyl (C=O) groups excluding carboxylic acids is 1. The molecular weight excluding hydrogens is 292 g/mol. The van der Waals surface area contributed by atoms with Gasteiger partial charge >= 0.3 is 0 Å². The third-order valence-electron chi connectivity index (χ3n) is 3.20. The summed E-state index contributed by atoms with van der Waals surface area (Å²) in [6, 6.07) is 3.88. The number of amides is 1. The number of benzene rings is 1. The van der Waals surface area contributed by atoms with Crippen LogP contribution in [-0.4, -0.2) is 17.1 Å². The molecule has 2 aromatic rings. The fourth-order valence-electron chi connectivity index (χ4n) is 2.05. The molecule has 22 heavy (non-hydrogen) atoms. The second-order valence-electron chi connectivity index (χ2n) is 5.09. The van der Waals surface area contributed by atoms with Gasteiger partial charge in [-0.15, -0.1) is 0 Å². The van der Waals surface area contributed by atoms with Gasteiger partial charge in [-0.05, 0) is 26.8 Å². The molecule has 0 saturated carbocycles. The Morgan fingerprint density at radius 2 is 2.00 bits per heavy atom. The van der Waals surface area contributed by atoms with E-state index in [0.717, 1.165) is 6.07 Å². The van der Waals surface area contributed by atoms with Gasteiger partial charge in [-0.2, -0.15) is 0 Å². The lowest BCUT2D eigenvalue weighted by Crippen LogP contribution is -2.39. The van der Waals surface area contributed by atoms with Crippen LogP contribution in [0.25, 0.3) is 0 Å². The molecule has 0 aliphatic rings. The molecule has 1 aromatic heterocycles. The van der Waals surface area contributed by atoms with E-state index in [-0.39, 0.29) is 5.91 Å². The van der Waals surface area contributed by atoms with E-state index in [9.17, 15) is 13.6 Å². The smallest absolute Gasteiger partial charge is 0.242 e. The Kier molecular flexibility index (Phi) is 4.87. The van der Waals surface area contributed by atoms with Gasteiger partial charge < -0.3 is 9.84 Å². The van der Waals surface area contributed by atoms with Crippen LogP contribution in [0, 0.1) is 18.6 Å². The summed E-state index contributed by atoms with van der Waals surface area (Å²) in [6.07, 6.45) is 0. The van der Waals surface area contributed by atoms with Crippen molar-refractivity contribution in [3.8, 4) is 0 Å². The zero-order chi connectivity index (χ0) is 16.3. The van der Waals surface area contributed by atoms with Crippen molar-refractivity contribution in [3.05, 3.63) is 47.2 Å². The molecule has 1 heterocycles. The van der Waals surface area contributed by atoms with Crippen LogP contribution in [-0.2, 0) is 4.79 Å². The van der Waals surface area contributed by atoms with E-state index >= 15 is 0 Å². The lowest BCUT2D eigenvalue weighted by atomic mass is 10.1. The molecule has 1 aromatic carbocycles. The number of carbonyl (C=O) groups is 1. The molecule has 2 atom stereocenters.